The summed E-state index contributed by atoms with van der Waals surface area (Å²) in [5, 5.41) is 0. The van der Waals surface area contributed by atoms with Crippen molar-refractivity contribution in [2.75, 3.05) is 32.3 Å². The first kappa shape index (κ1) is 16.8. The minimum absolute atomic E-state index is 0.203. The van der Waals surface area contributed by atoms with E-state index in [-0.39, 0.29) is 5.91 Å². The molecule has 0 aromatic heterocycles. The summed E-state index contributed by atoms with van der Waals surface area (Å²) in [4.78, 5) is 14.1. The van der Waals surface area contributed by atoms with Crippen molar-refractivity contribution in [2.45, 2.75) is 0 Å². The Hall–Kier alpha value is -3.02. The lowest BCUT2D eigenvalue weighted by atomic mass is 10.1. The predicted molar refractivity (Wildman–Crippen MR) is 92.8 cm³/mol. The molecule has 0 unspecified atom stereocenters. The number of rotatable bonds is 4. The van der Waals surface area contributed by atoms with E-state index in [0.717, 1.165) is 5.56 Å². The summed E-state index contributed by atoms with van der Waals surface area (Å²) in [5.41, 5.74) is 1.37. The number of benzene rings is 2. The Morgan fingerprint density at radius 3 is 2.72 bits per heavy atom. The second kappa shape index (κ2) is 7.25. The van der Waals surface area contributed by atoms with Crippen LogP contribution >= 0.6 is 0 Å². The lowest BCUT2D eigenvalue weighted by Crippen LogP contribution is -2.36. The molecule has 2 aromatic rings. The number of hydrogen-bond donors (Lipinski definition) is 0. The zero-order chi connectivity index (χ0) is 17.8. The molecule has 1 heterocycles. The van der Waals surface area contributed by atoms with Gasteiger partial charge in [0, 0.05) is 12.1 Å². The van der Waals surface area contributed by atoms with Gasteiger partial charge in [0.15, 0.2) is 11.5 Å². The summed E-state index contributed by atoms with van der Waals surface area (Å²) < 4.78 is 29.2. The first-order valence-electron chi connectivity index (χ1n) is 7.76. The van der Waals surface area contributed by atoms with Gasteiger partial charge >= 0.3 is 0 Å². The van der Waals surface area contributed by atoms with Crippen molar-refractivity contribution in [3.05, 3.63) is 53.9 Å². The standard InChI is InChI=1S/C19H18FNO4/c1-23-16-7-3-13(11-18(16)24-2)4-8-19(22)21-9-10-25-17-12-14(20)5-6-15(17)21/h3-8,11-12H,9-10H2,1-2H3. The summed E-state index contributed by atoms with van der Waals surface area (Å²) in [7, 11) is 3.12. The molecule has 1 aliphatic heterocycles. The van der Waals surface area contributed by atoms with Crippen molar-refractivity contribution < 1.29 is 23.4 Å². The Morgan fingerprint density at radius 1 is 1.16 bits per heavy atom. The van der Waals surface area contributed by atoms with Gasteiger partial charge in [0.2, 0.25) is 0 Å². The number of anilines is 1. The van der Waals surface area contributed by atoms with Gasteiger partial charge in [0.25, 0.3) is 5.91 Å². The zero-order valence-electron chi connectivity index (χ0n) is 14.0. The van der Waals surface area contributed by atoms with Crippen molar-refractivity contribution in [2.24, 2.45) is 0 Å². The van der Waals surface area contributed by atoms with Gasteiger partial charge in [-0.3, -0.25) is 4.79 Å². The minimum atomic E-state index is -0.395. The van der Waals surface area contributed by atoms with Gasteiger partial charge in [-0.1, -0.05) is 6.07 Å². The predicted octanol–water partition coefficient (Wildman–Crippen LogP) is 3.28. The molecule has 2 aromatic carbocycles. The third-order valence-electron chi connectivity index (χ3n) is 3.88. The van der Waals surface area contributed by atoms with Crippen LogP contribution < -0.4 is 19.1 Å². The molecule has 0 fully saturated rings. The second-order valence-corrected chi connectivity index (χ2v) is 5.40. The van der Waals surface area contributed by atoms with Crippen LogP contribution in [0.1, 0.15) is 5.56 Å². The maximum atomic E-state index is 13.3. The van der Waals surface area contributed by atoms with Gasteiger partial charge in [0.1, 0.15) is 18.2 Å². The SMILES string of the molecule is COc1ccc(C=CC(=O)N2CCOc3cc(F)ccc32)cc1OC. The molecule has 25 heavy (non-hydrogen) atoms. The molecule has 0 saturated carbocycles. The summed E-state index contributed by atoms with van der Waals surface area (Å²) in [6, 6.07) is 9.53. The Bertz CT molecular complexity index is 819. The van der Waals surface area contributed by atoms with Crippen LogP contribution in [0.4, 0.5) is 10.1 Å². The number of methoxy groups -OCH3 is 2. The molecule has 0 N–H and O–H groups in total. The van der Waals surface area contributed by atoms with Crippen molar-refractivity contribution in [3.63, 3.8) is 0 Å². The van der Waals surface area contributed by atoms with E-state index < -0.39 is 5.82 Å². The summed E-state index contributed by atoms with van der Waals surface area (Å²) in [6.45, 7) is 0.736. The maximum Gasteiger partial charge on any atom is 0.251 e. The molecular weight excluding hydrogens is 325 g/mol. The zero-order valence-corrected chi connectivity index (χ0v) is 14.0. The highest BCUT2D eigenvalue weighted by Crippen LogP contribution is 2.32. The van der Waals surface area contributed by atoms with Gasteiger partial charge in [-0.2, -0.15) is 0 Å². The van der Waals surface area contributed by atoms with E-state index in [1.165, 1.54) is 18.2 Å². The summed E-state index contributed by atoms with van der Waals surface area (Å²) in [6.07, 6.45) is 3.17. The summed E-state index contributed by atoms with van der Waals surface area (Å²) >= 11 is 0. The topological polar surface area (TPSA) is 48.0 Å². The van der Waals surface area contributed by atoms with Crippen molar-refractivity contribution in [1.82, 2.24) is 0 Å². The third-order valence-corrected chi connectivity index (χ3v) is 3.88. The van der Waals surface area contributed by atoms with Crippen molar-refractivity contribution >= 4 is 17.7 Å². The highest BCUT2D eigenvalue weighted by Gasteiger charge is 2.22. The van der Waals surface area contributed by atoms with Crippen molar-refractivity contribution in [1.29, 1.82) is 0 Å². The van der Waals surface area contributed by atoms with Crippen LogP contribution in [0.5, 0.6) is 17.2 Å². The molecule has 1 aliphatic rings. The first-order valence-corrected chi connectivity index (χ1v) is 7.76. The quantitative estimate of drug-likeness (QED) is 0.800. The number of halogens is 1. The molecule has 3 rings (SSSR count). The van der Waals surface area contributed by atoms with Gasteiger partial charge in [-0.15, -0.1) is 0 Å². The molecule has 6 heteroatoms. The maximum absolute atomic E-state index is 13.3. The normalized spacial score (nSPS) is 13.3. The molecule has 5 nitrogen and oxygen atoms in total. The van der Waals surface area contributed by atoms with Crippen LogP contribution in [0.2, 0.25) is 0 Å². The van der Waals surface area contributed by atoms with Crippen LogP contribution in [0.3, 0.4) is 0 Å². The van der Waals surface area contributed by atoms with Crippen LogP contribution in [0, 0.1) is 5.82 Å². The molecule has 0 atom stereocenters. The number of amides is 1. The second-order valence-electron chi connectivity index (χ2n) is 5.40. The van der Waals surface area contributed by atoms with Crippen LogP contribution in [0.15, 0.2) is 42.5 Å². The Kier molecular flexibility index (Phi) is 4.88. The van der Waals surface area contributed by atoms with Gasteiger partial charge in [-0.05, 0) is 35.9 Å². The minimum Gasteiger partial charge on any atom is -0.493 e. The Balaban J connectivity index is 1.80. The van der Waals surface area contributed by atoms with E-state index in [9.17, 15) is 9.18 Å². The molecular formula is C19H18FNO4. The monoisotopic (exact) mass is 343 g/mol. The number of fused-ring (bicyclic) bond motifs is 1. The van der Waals surface area contributed by atoms with Gasteiger partial charge in [0.05, 0.1) is 26.5 Å². The Morgan fingerprint density at radius 2 is 1.96 bits per heavy atom. The first-order chi connectivity index (χ1) is 12.1. The average molecular weight is 343 g/mol. The van der Waals surface area contributed by atoms with E-state index in [1.807, 2.05) is 6.07 Å². The lowest BCUT2D eigenvalue weighted by molar-refractivity contribution is -0.114. The van der Waals surface area contributed by atoms with Gasteiger partial charge < -0.3 is 19.1 Å². The fraction of sp³-hybridized carbons (Fsp3) is 0.211. The smallest absolute Gasteiger partial charge is 0.251 e. The summed E-state index contributed by atoms with van der Waals surface area (Å²) in [5.74, 6) is 0.985. The Labute approximate surface area is 145 Å². The molecule has 0 spiro atoms. The third kappa shape index (κ3) is 3.57. The lowest BCUT2D eigenvalue weighted by Gasteiger charge is -2.28. The van der Waals surface area contributed by atoms with Crippen LogP contribution in [0.25, 0.3) is 6.08 Å². The molecule has 0 saturated heterocycles. The van der Waals surface area contributed by atoms with E-state index in [2.05, 4.69) is 0 Å². The number of carbonyl (C=O) groups excluding carboxylic acids is 1. The molecule has 0 bridgehead atoms. The van der Waals surface area contributed by atoms with E-state index in [4.69, 9.17) is 14.2 Å². The molecule has 0 aliphatic carbocycles. The largest absolute Gasteiger partial charge is 0.493 e. The number of hydrogen-bond acceptors (Lipinski definition) is 4. The van der Waals surface area contributed by atoms with Crippen LogP contribution in [-0.2, 0) is 4.79 Å². The van der Waals surface area contributed by atoms with E-state index in [0.29, 0.717) is 36.1 Å². The average Bonchev–Trinajstić information content (AvgIpc) is 2.65. The highest BCUT2D eigenvalue weighted by atomic mass is 19.1. The fourth-order valence-electron chi connectivity index (χ4n) is 2.64. The number of carbonyl (C=O) groups is 1. The van der Waals surface area contributed by atoms with Gasteiger partial charge in [-0.25, -0.2) is 4.39 Å². The van der Waals surface area contributed by atoms with E-state index >= 15 is 0 Å². The van der Waals surface area contributed by atoms with E-state index in [1.54, 1.807) is 43.4 Å². The van der Waals surface area contributed by atoms with Crippen molar-refractivity contribution in [3.8, 4) is 17.2 Å². The fourth-order valence-corrected chi connectivity index (χ4v) is 2.64. The molecule has 1 amide bonds. The molecule has 0 radical (unpaired) electrons. The molecule has 130 valence electrons. The number of ether oxygens (including phenoxy) is 3. The number of nitrogens with zero attached hydrogens (tertiary/aromatic N) is 1. The van der Waals surface area contributed by atoms with Crippen LogP contribution in [-0.4, -0.2) is 33.3 Å². The highest BCUT2D eigenvalue weighted by molar-refractivity contribution is 6.05.